The van der Waals surface area contributed by atoms with E-state index >= 15 is 0 Å². The van der Waals surface area contributed by atoms with Crippen molar-refractivity contribution in [2.75, 3.05) is 13.7 Å². The van der Waals surface area contributed by atoms with E-state index in [2.05, 4.69) is 55.2 Å². The van der Waals surface area contributed by atoms with Crippen molar-refractivity contribution in [3.05, 3.63) is 50.6 Å². The maximum atomic E-state index is 9.98. The van der Waals surface area contributed by atoms with Gasteiger partial charge in [-0.2, -0.15) is 0 Å². The third-order valence-corrected chi connectivity index (χ3v) is 5.43. The third kappa shape index (κ3) is 5.11. The summed E-state index contributed by atoms with van der Waals surface area (Å²) in [6.07, 6.45) is 8.42. The number of hydrogen-bond donors (Lipinski definition) is 1. The molecule has 2 rings (SSSR count). The number of halogens is 1. The van der Waals surface area contributed by atoms with E-state index in [9.17, 15) is 5.11 Å². The fourth-order valence-electron chi connectivity index (χ4n) is 3.03. The summed E-state index contributed by atoms with van der Waals surface area (Å²) >= 11 is 2.13. The van der Waals surface area contributed by atoms with Crippen LogP contribution in [0.3, 0.4) is 0 Å². The largest absolute Gasteiger partial charge is 0.504 e. The minimum atomic E-state index is 0.164. The smallest absolute Gasteiger partial charge is 0.171 e. The number of hydrogen-bond acceptors (Lipinski definition) is 3. The van der Waals surface area contributed by atoms with Crippen LogP contribution in [0.1, 0.15) is 45.1 Å². The van der Waals surface area contributed by atoms with Crippen molar-refractivity contribution in [1.82, 2.24) is 0 Å². The van der Waals surface area contributed by atoms with Crippen molar-refractivity contribution in [1.29, 1.82) is 0 Å². The molecule has 1 aliphatic rings. The molecule has 25 heavy (non-hydrogen) atoms. The molecule has 3 nitrogen and oxygen atoms in total. The summed E-state index contributed by atoms with van der Waals surface area (Å²) in [6, 6.07) is 3.86. The Labute approximate surface area is 164 Å². The molecule has 0 saturated carbocycles. The second-order valence-electron chi connectivity index (χ2n) is 6.19. The van der Waals surface area contributed by atoms with Gasteiger partial charge in [-0.15, -0.1) is 0 Å². The topological polar surface area (TPSA) is 38.7 Å². The van der Waals surface area contributed by atoms with Crippen LogP contribution in [0.15, 0.2) is 41.5 Å². The molecule has 1 N–H and O–H groups in total. The standard InChI is InChI=1S/C21H27IO3/c1-5-14(3)17-9-10-25-19(17)8-7-15(6-2)11-16-12-18(22)21(23)20(13-16)24-4/h9,11-13,19,23H,3,5-8,10H2,1-2,4H3/b15-11+. The van der Waals surface area contributed by atoms with E-state index in [4.69, 9.17) is 9.47 Å². The molecule has 1 unspecified atom stereocenters. The van der Waals surface area contributed by atoms with Gasteiger partial charge in [-0.05, 0) is 77.1 Å². The van der Waals surface area contributed by atoms with Crippen LogP contribution in [-0.4, -0.2) is 24.9 Å². The zero-order valence-corrected chi connectivity index (χ0v) is 17.4. The number of aromatic hydroxyl groups is 1. The number of phenols is 1. The minimum absolute atomic E-state index is 0.164. The van der Waals surface area contributed by atoms with E-state index in [-0.39, 0.29) is 11.9 Å². The van der Waals surface area contributed by atoms with Crippen LogP contribution in [0.5, 0.6) is 11.5 Å². The van der Waals surface area contributed by atoms with Gasteiger partial charge in [0.25, 0.3) is 0 Å². The van der Waals surface area contributed by atoms with Gasteiger partial charge < -0.3 is 14.6 Å². The van der Waals surface area contributed by atoms with Crippen molar-refractivity contribution < 1.29 is 14.6 Å². The monoisotopic (exact) mass is 454 g/mol. The molecule has 0 aliphatic carbocycles. The molecule has 1 aromatic rings. The summed E-state index contributed by atoms with van der Waals surface area (Å²) in [6.45, 7) is 9.16. The van der Waals surface area contributed by atoms with Crippen LogP contribution in [0.4, 0.5) is 0 Å². The van der Waals surface area contributed by atoms with Gasteiger partial charge in [-0.1, -0.05) is 38.2 Å². The van der Waals surface area contributed by atoms with Crippen LogP contribution in [-0.2, 0) is 4.74 Å². The number of benzene rings is 1. The van der Waals surface area contributed by atoms with E-state index in [1.807, 2.05) is 12.1 Å². The molecule has 0 saturated heterocycles. The van der Waals surface area contributed by atoms with E-state index in [1.54, 1.807) is 7.11 Å². The van der Waals surface area contributed by atoms with Gasteiger partial charge in [0.05, 0.1) is 23.4 Å². The van der Waals surface area contributed by atoms with E-state index in [1.165, 1.54) is 16.7 Å². The number of phenolic OH excluding ortho intramolecular Hbond substituents is 1. The first-order chi connectivity index (χ1) is 12.0. The average Bonchev–Trinajstić information content (AvgIpc) is 3.09. The summed E-state index contributed by atoms with van der Waals surface area (Å²) < 4.78 is 11.9. The van der Waals surface area contributed by atoms with E-state index in [0.717, 1.165) is 34.8 Å². The molecule has 0 bridgehead atoms. The molecule has 0 aromatic heterocycles. The Kier molecular flexibility index (Phi) is 7.56. The lowest BCUT2D eigenvalue weighted by Crippen LogP contribution is -2.11. The summed E-state index contributed by atoms with van der Waals surface area (Å²) in [4.78, 5) is 0. The highest BCUT2D eigenvalue weighted by Crippen LogP contribution is 2.34. The molecule has 1 atom stereocenters. The van der Waals surface area contributed by atoms with Crippen LogP contribution in [0.25, 0.3) is 6.08 Å². The minimum Gasteiger partial charge on any atom is -0.504 e. The van der Waals surface area contributed by atoms with Gasteiger partial charge in [0.15, 0.2) is 11.5 Å². The van der Waals surface area contributed by atoms with Crippen LogP contribution in [0, 0.1) is 3.57 Å². The molecule has 1 heterocycles. The summed E-state index contributed by atoms with van der Waals surface area (Å²) in [5.74, 6) is 0.711. The molecular formula is C21H27IO3. The third-order valence-electron chi connectivity index (χ3n) is 4.61. The lowest BCUT2D eigenvalue weighted by atomic mass is 9.94. The molecule has 0 spiro atoms. The van der Waals surface area contributed by atoms with Crippen molar-refractivity contribution in [3.8, 4) is 11.5 Å². The second kappa shape index (κ2) is 9.43. The Bertz CT molecular complexity index is 689. The number of methoxy groups -OCH3 is 1. The highest BCUT2D eigenvalue weighted by molar-refractivity contribution is 14.1. The van der Waals surface area contributed by atoms with Gasteiger partial charge in [0, 0.05) is 0 Å². The number of rotatable bonds is 8. The van der Waals surface area contributed by atoms with E-state index in [0.29, 0.717) is 12.4 Å². The van der Waals surface area contributed by atoms with Crippen LogP contribution in [0.2, 0.25) is 0 Å². The van der Waals surface area contributed by atoms with Crippen LogP contribution < -0.4 is 4.74 Å². The Balaban J connectivity index is 2.10. The van der Waals surface area contributed by atoms with Gasteiger partial charge in [0.1, 0.15) is 0 Å². The quantitative estimate of drug-likeness (QED) is 0.500. The summed E-state index contributed by atoms with van der Waals surface area (Å²) in [5.41, 5.74) is 4.87. The predicted octanol–water partition coefficient (Wildman–Crippen LogP) is 5.87. The molecule has 1 aliphatic heterocycles. The fourth-order valence-corrected chi connectivity index (χ4v) is 3.65. The first-order valence-corrected chi connectivity index (χ1v) is 9.83. The Morgan fingerprint density at radius 1 is 1.40 bits per heavy atom. The normalized spacial score (nSPS) is 17.5. The van der Waals surface area contributed by atoms with E-state index < -0.39 is 0 Å². The molecule has 1 aromatic carbocycles. The van der Waals surface area contributed by atoms with Crippen molar-refractivity contribution >= 4 is 28.7 Å². The maximum absolute atomic E-state index is 9.98. The first-order valence-electron chi connectivity index (χ1n) is 8.75. The van der Waals surface area contributed by atoms with Crippen LogP contribution >= 0.6 is 22.6 Å². The second-order valence-corrected chi connectivity index (χ2v) is 7.35. The molecule has 0 amide bonds. The maximum Gasteiger partial charge on any atom is 0.171 e. The zero-order valence-electron chi connectivity index (χ0n) is 15.3. The van der Waals surface area contributed by atoms with Gasteiger partial charge in [-0.3, -0.25) is 0 Å². The molecular weight excluding hydrogens is 427 g/mol. The number of ether oxygens (including phenoxy) is 2. The Hall–Kier alpha value is -1.27. The highest BCUT2D eigenvalue weighted by atomic mass is 127. The first kappa shape index (κ1) is 20.0. The molecule has 0 radical (unpaired) electrons. The van der Waals surface area contributed by atoms with Crippen molar-refractivity contribution in [2.45, 2.75) is 45.6 Å². The molecule has 0 fully saturated rings. The van der Waals surface area contributed by atoms with Gasteiger partial charge in [0.2, 0.25) is 0 Å². The Morgan fingerprint density at radius 3 is 2.80 bits per heavy atom. The number of allylic oxidation sites excluding steroid dienone is 1. The van der Waals surface area contributed by atoms with Crippen molar-refractivity contribution in [2.24, 2.45) is 0 Å². The molecule has 4 heteroatoms. The fraction of sp³-hybridized carbons (Fsp3) is 0.429. The summed E-state index contributed by atoms with van der Waals surface area (Å²) in [5, 5.41) is 9.98. The Morgan fingerprint density at radius 2 is 2.16 bits per heavy atom. The lowest BCUT2D eigenvalue weighted by molar-refractivity contribution is 0.116. The molecule has 136 valence electrons. The highest BCUT2D eigenvalue weighted by Gasteiger charge is 2.21. The lowest BCUT2D eigenvalue weighted by Gasteiger charge is -2.17. The zero-order chi connectivity index (χ0) is 18.4. The predicted molar refractivity (Wildman–Crippen MR) is 112 cm³/mol. The SMILES string of the molecule is C=C(CC)C1=CCOC1CC/C(=C/c1cc(I)c(O)c(OC)c1)CC. The van der Waals surface area contributed by atoms with Gasteiger partial charge in [-0.25, -0.2) is 0 Å². The average molecular weight is 454 g/mol. The summed E-state index contributed by atoms with van der Waals surface area (Å²) in [7, 11) is 1.57. The van der Waals surface area contributed by atoms with Gasteiger partial charge >= 0.3 is 0 Å². The van der Waals surface area contributed by atoms with Crippen molar-refractivity contribution in [3.63, 3.8) is 0 Å².